The van der Waals surface area contributed by atoms with Gasteiger partial charge in [0.1, 0.15) is 6.34 Å². The molecule has 1 heterocycles. The Hall–Kier alpha value is -2.45. The van der Waals surface area contributed by atoms with Crippen molar-refractivity contribution >= 4 is 23.9 Å². The molecule has 1 amide bonds. The monoisotopic (exact) mass is 346 g/mol. The summed E-state index contributed by atoms with van der Waals surface area (Å²) >= 11 is 0. The lowest BCUT2D eigenvalue weighted by atomic mass is 10.2. The number of aliphatic imine (C=N–C) groups is 2. The highest BCUT2D eigenvalue weighted by molar-refractivity contribution is 5.94. The molecule has 1 aromatic carbocycles. The maximum atomic E-state index is 12.3. The van der Waals surface area contributed by atoms with E-state index in [2.05, 4.69) is 15.4 Å². The van der Waals surface area contributed by atoms with Crippen LogP contribution in [0.3, 0.4) is 0 Å². The Morgan fingerprint density at radius 2 is 1.92 bits per heavy atom. The summed E-state index contributed by atoms with van der Waals surface area (Å²) < 4.78 is 5.26. The van der Waals surface area contributed by atoms with E-state index in [4.69, 9.17) is 10.5 Å². The van der Waals surface area contributed by atoms with Gasteiger partial charge in [-0.3, -0.25) is 4.79 Å². The smallest absolute Gasteiger partial charge is 0.253 e. The summed E-state index contributed by atoms with van der Waals surface area (Å²) in [6.07, 6.45) is 1.52. The van der Waals surface area contributed by atoms with Crippen LogP contribution < -0.4 is 11.2 Å². The van der Waals surface area contributed by atoms with E-state index in [0.717, 1.165) is 13.1 Å². The highest BCUT2D eigenvalue weighted by Crippen LogP contribution is 2.14. The fourth-order valence-electron chi connectivity index (χ4n) is 2.40. The standard InChI is InChI=1S/C17H26N6O2/c1-3-22(4-2)16(24)14-5-7-15(8-6-14)21-17(18)19-13-20-23-9-11-25-12-10-23/h5-8,13H,3-4,9-12H2,1-2H3,(H3,18,19,20,21). The van der Waals surface area contributed by atoms with Crippen LogP contribution in [0.15, 0.2) is 34.3 Å². The molecule has 0 aromatic heterocycles. The lowest BCUT2D eigenvalue weighted by Gasteiger charge is -2.25. The van der Waals surface area contributed by atoms with Gasteiger partial charge in [0, 0.05) is 31.7 Å². The van der Waals surface area contributed by atoms with Gasteiger partial charge in [0.05, 0.1) is 18.9 Å². The zero-order valence-corrected chi connectivity index (χ0v) is 14.8. The second-order valence-corrected chi connectivity index (χ2v) is 5.48. The topological polar surface area (TPSA) is 95.5 Å². The summed E-state index contributed by atoms with van der Waals surface area (Å²) in [5.41, 5.74) is 10.1. The zero-order valence-electron chi connectivity index (χ0n) is 14.8. The van der Waals surface area contributed by atoms with E-state index < -0.39 is 0 Å². The molecule has 1 aromatic rings. The van der Waals surface area contributed by atoms with Crippen molar-refractivity contribution in [2.45, 2.75) is 13.8 Å². The molecule has 25 heavy (non-hydrogen) atoms. The van der Waals surface area contributed by atoms with Gasteiger partial charge in [0.15, 0.2) is 0 Å². The molecular weight excluding hydrogens is 320 g/mol. The molecule has 0 aliphatic carbocycles. The summed E-state index contributed by atoms with van der Waals surface area (Å²) in [5, 5.41) is 1.99. The first-order chi connectivity index (χ1) is 12.1. The number of nitrogens with two attached hydrogens (primary N) is 1. The van der Waals surface area contributed by atoms with Crippen molar-refractivity contribution in [2.75, 3.05) is 39.4 Å². The molecule has 0 radical (unpaired) electrons. The predicted octanol–water partition coefficient (Wildman–Crippen LogP) is 0.980. The van der Waals surface area contributed by atoms with Gasteiger partial charge in [-0.1, -0.05) is 0 Å². The molecule has 0 unspecified atom stereocenters. The molecule has 1 aliphatic rings. The van der Waals surface area contributed by atoms with Crippen LogP contribution in [0.25, 0.3) is 0 Å². The van der Waals surface area contributed by atoms with Crippen LogP contribution in [0.2, 0.25) is 0 Å². The molecule has 0 atom stereocenters. The van der Waals surface area contributed by atoms with Crippen LogP contribution >= 0.6 is 0 Å². The van der Waals surface area contributed by atoms with Crippen molar-refractivity contribution in [3.8, 4) is 0 Å². The van der Waals surface area contributed by atoms with Gasteiger partial charge < -0.3 is 20.8 Å². The van der Waals surface area contributed by atoms with Crippen LogP contribution in [0.1, 0.15) is 24.2 Å². The molecule has 2 rings (SSSR count). The number of benzene rings is 1. The zero-order chi connectivity index (χ0) is 18.1. The number of carbonyl (C=O) groups is 1. The van der Waals surface area contributed by atoms with E-state index in [1.54, 1.807) is 29.2 Å². The average Bonchev–Trinajstić information content (AvgIpc) is 2.64. The Labute approximate surface area is 148 Å². The number of hydrogen-bond acceptors (Lipinski definition) is 4. The molecule has 8 nitrogen and oxygen atoms in total. The van der Waals surface area contributed by atoms with Crippen molar-refractivity contribution in [1.82, 2.24) is 15.3 Å². The summed E-state index contributed by atoms with van der Waals surface area (Å²) in [6, 6.07) is 7.02. The van der Waals surface area contributed by atoms with Gasteiger partial charge >= 0.3 is 0 Å². The summed E-state index contributed by atoms with van der Waals surface area (Å²) in [5.74, 6) is 0.157. The minimum atomic E-state index is 0.0150. The first-order valence-corrected chi connectivity index (χ1v) is 8.49. The van der Waals surface area contributed by atoms with Gasteiger partial charge in [-0.15, -0.1) is 0 Å². The largest absolute Gasteiger partial charge is 0.379 e. The van der Waals surface area contributed by atoms with Crippen LogP contribution in [0, 0.1) is 0 Å². The summed E-state index contributed by atoms with van der Waals surface area (Å²) in [7, 11) is 0. The van der Waals surface area contributed by atoms with Gasteiger partial charge in [-0.2, -0.15) is 0 Å². The van der Waals surface area contributed by atoms with Crippen LogP contribution in [-0.2, 0) is 4.74 Å². The fraction of sp³-hybridized carbons (Fsp3) is 0.471. The van der Waals surface area contributed by atoms with Crippen molar-refractivity contribution in [1.29, 1.82) is 0 Å². The fourth-order valence-corrected chi connectivity index (χ4v) is 2.40. The second-order valence-electron chi connectivity index (χ2n) is 5.48. The average molecular weight is 346 g/mol. The number of amides is 1. The molecular formula is C17H26N6O2. The lowest BCUT2D eigenvalue weighted by Crippen LogP contribution is -2.45. The van der Waals surface area contributed by atoms with Gasteiger partial charge in [-0.05, 0) is 38.1 Å². The van der Waals surface area contributed by atoms with Crippen molar-refractivity contribution in [3.63, 3.8) is 0 Å². The highest BCUT2D eigenvalue weighted by atomic mass is 16.5. The van der Waals surface area contributed by atoms with Crippen LogP contribution in [0.4, 0.5) is 5.69 Å². The van der Waals surface area contributed by atoms with Crippen LogP contribution in [0.5, 0.6) is 0 Å². The molecule has 0 saturated carbocycles. The predicted molar refractivity (Wildman–Crippen MR) is 99.0 cm³/mol. The Morgan fingerprint density at radius 1 is 1.28 bits per heavy atom. The minimum Gasteiger partial charge on any atom is -0.379 e. The van der Waals surface area contributed by atoms with Gasteiger partial charge in [0.25, 0.3) is 5.91 Å². The van der Waals surface area contributed by atoms with E-state index in [-0.39, 0.29) is 11.9 Å². The Bertz CT molecular complexity index is 604. The number of guanidine groups is 1. The van der Waals surface area contributed by atoms with E-state index in [1.165, 1.54) is 6.34 Å². The maximum Gasteiger partial charge on any atom is 0.253 e. The Balaban J connectivity index is 1.92. The summed E-state index contributed by atoms with van der Waals surface area (Å²) in [6.45, 7) is 8.29. The van der Waals surface area contributed by atoms with Crippen molar-refractivity contribution in [2.24, 2.45) is 15.7 Å². The van der Waals surface area contributed by atoms with Crippen molar-refractivity contribution < 1.29 is 9.53 Å². The number of nitrogens with zero attached hydrogens (tertiary/aromatic N) is 4. The first kappa shape index (κ1) is 18.9. The number of ether oxygens (including phenoxy) is 1. The molecule has 3 N–H and O–H groups in total. The number of rotatable bonds is 6. The molecule has 1 saturated heterocycles. The van der Waals surface area contributed by atoms with E-state index >= 15 is 0 Å². The Kier molecular flexibility index (Phi) is 7.36. The molecule has 0 spiro atoms. The quantitative estimate of drug-likeness (QED) is 0.591. The number of nitrogens with one attached hydrogen (secondary N) is 1. The normalized spacial score (nSPS) is 16.2. The third-order valence-electron chi connectivity index (χ3n) is 3.86. The van der Waals surface area contributed by atoms with Crippen molar-refractivity contribution in [3.05, 3.63) is 29.8 Å². The second kappa shape index (κ2) is 9.75. The van der Waals surface area contributed by atoms with E-state index in [9.17, 15) is 4.79 Å². The maximum absolute atomic E-state index is 12.3. The number of morpholine rings is 1. The van der Waals surface area contributed by atoms with Gasteiger partial charge in [-0.25, -0.2) is 15.0 Å². The third-order valence-corrected chi connectivity index (χ3v) is 3.86. The molecule has 8 heteroatoms. The summed E-state index contributed by atoms with van der Waals surface area (Å²) in [4.78, 5) is 22.3. The lowest BCUT2D eigenvalue weighted by molar-refractivity contribution is 0.0257. The molecule has 1 aliphatic heterocycles. The van der Waals surface area contributed by atoms with E-state index in [1.807, 2.05) is 18.9 Å². The van der Waals surface area contributed by atoms with Gasteiger partial charge in [0.2, 0.25) is 5.96 Å². The SMILES string of the molecule is CCN(CC)C(=O)c1ccc(N=C(N)/N=C/NN2CCOCC2)cc1. The number of hydrazine groups is 1. The minimum absolute atomic E-state index is 0.0150. The molecule has 136 valence electrons. The Morgan fingerprint density at radius 3 is 2.52 bits per heavy atom. The van der Waals surface area contributed by atoms with E-state index in [0.29, 0.717) is 37.6 Å². The molecule has 1 fully saturated rings. The first-order valence-electron chi connectivity index (χ1n) is 8.49. The number of carbonyl (C=O) groups excluding carboxylic acids is 1. The number of hydrogen-bond donors (Lipinski definition) is 2. The third kappa shape index (κ3) is 5.84. The highest BCUT2D eigenvalue weighted by Gasteiger charge is 2.11. The van der Waals surface area contributed by atoms with Crippen LogP contribution in [-0.4, -0.2) is 67.5 Å². The molecule has 0 bridgehead atoms.